The minimum absolute atomic E-state index is 0.0680. The van der Waals surface area contributed by atoms with Gasteiger partial charge in [0, 0.05) is 12.3 Å². The molecule has 4 heteroatoms. The Morgan fingerprint density at radius 1 is 1.00 bits per heavy atom. The van der Waals surface area contributed by atoms with Crippen LogP contribution in [0.1, 0.15) is 41.3 Å². The summed E-state index contributed by atoms with van der Waals surface area (Å²) in [4.78, 5) is 15.4. The average Bonchev–Trinajstić information content (AvgIpc) is 3.30. The molecule has 0 N–H and O–H groups in total. The SMILES string of the molecule is CC[C@@H](C(=O)N1CCS[C@@H]1c1ccc(OCc2ccccc2)cc1)c1ccccc1. The fraction of sp³-hybridized carbons (Fsp3) is 0.269. The smallest absolute Gasteiger partial charge is 0.231 e. The molecular formula is C26H27NO2S. The topological polar surface area (TPSA) is 29.5 Å². The zero-order valence-corrected chi connectivity index (χ0v) is 18.1. The van der Waals surface area contributed by atoms with Crippen LogP contribution in [0.5, 0.6) is 5.75 Å². The molecule has 1 aliphatic rings. The highest BCUT2D eigenvalue weighted by molar-refractivity contribution is 7.99. The summed E-state index contributed by atoms with van der Waals surface area (Å²) in [5, 5.41) is 0.0680. The number of thioether (sulfide) groups is 1. The van der Waals surface area contributed by atoms with Crippen LogP contribution >= 0.6 is 11.8 Å². The molecule has 3 nitrogen and oxygen atoms in total. The van der Waals surface area contributed by atoms with Gasteiger partial charge in [-0.1, -0.05) is 79.7 Å². The normalized spacial score (nSPS) is 17.0. The molecule has 1 saturated heterocycles. The summed E-state index contributed by atoms with van der Waals surface area (Å²) in [5.41, 5.74) is 3.40. The predicted molar refractivity (Wildman–Crippen MR) is 124 cm³/mol. The number of carbonyl (C=O) groups is 1. The van der Waals surface area contributed by atoms with Crippen molar-refractivity contribution in [1.29, 1.82) is 0 Å². The van der Waals surface area contributed by atoms with Crippen LogP contribution in [0, 0.1) is 0 Å². The highest BCUT2D eigenvalue weighted by Gasteiger charge is 2.34. The van der Waals surface area contributed by atoms with Gasteiger partial charge in [0.05, 0.1) is 5.92 Å². The standard InChI is InChI=1S/C26H27NO2S/c1-2-24(21-11-7-4-8-12-21)25(28)27-17-18-30-26(27)22-13-15-23(16-14-22)29-19-20-9-5-3-6-10-20/h3-16,24,26H,2,17-19H2,1H3/t24-,26-/m1/s1. The summed E-state index contributed by atoms with van der Waals surface area (Å²) in [7, 11) is 0. The molecule has 30 heavy (non-hydrogen) atoms. The van der Waals surface area contributed by atoms with Crippen molar-refractivity contribution in [3.05, 3.63) is 102 Å². The molecule has 0 aromatic heterocycles. The van der Waals surface area contributed by atoms with Crippen LogP contribution in [0.15, 0.2) is 84.9 Å². The fourth-order valence-corrected chi connectivity index (χ4v) is 5.14. The maximum Gasteiger partial charge on any atom is 0.231 e. The van der Waals surface area contributed by atoms with E-state index in [0.29, 0.717) is 6.61 Å². The van der Waals surface area contributed by atoms with E-state index in [2.05, 4.69) is 43.3 Å². The van der Waals surface area contributed by atoms with Crippen molar-refractivity contribution in [3.63, 3.8) is 0 Å². The molecule has 0 bridgehead atoms. The molecule has 4 rings (SSSR count). The second-order valence-corrected chi connectivity index (χ2v) is 8.66. The van der Waals surface area contributed by atoms with Crippen LogP contribution in [0.2, 0.25) is 0 Å². The molecule has 3 aromatic carbocycles. The Morgan fingerprint density at radius 2 is 1.67 bits per heavy atom. The van der Waals surface area contributed by atoms with Crippen LogP contribution < -0.4 is 4.74 Å². The van der Waals surface area contributed by atoms with Crippen LogP contribution in [0.4, 0.5) is 0 Å². The van der Waals surface area contributed by atoms with Gasteiger partial charge in [0.1, 0.15) is 17.7 Å². The minimum atomic E-state index is -0.0825. The van der Waals surface area contributed by atoms with E-state index < -0.39 is 0 Å². The zero-order chi connectivity index (χ0) is 20.8. The number of rotatable bonds is 7. The van der Waals surface area contributed by atoms with E-state index >= 15 is 0 Å². The summed E-state index contributed by atoms with van der Waals surface area (Å²) in [6, 6.07) is 28.5. The van der Waals surface area contributed by atoms with Crippen molar-refractivity contribution in [1.82, 2.24) is 4.90 Å². The van der Waals surface area contributed by atoms with E-state index in [1.54, 1.807) is 0 Å². The van der Waals surface area contributed by atoms with Crippen LogP contribution in [0.25, 0.3) is 0 Å². The third-order valence-corrected chi connectivity index (χ3v) is 6.76. The van der Waals surface area contributed by atoms with E-state index in [9.17, 15) is 4.79 Å². The third-order valence-electron chi connectivity index (χ3n) is 5.50. The highest BCUT2D eigenvalue weighted by atomic mass is 32.2. The zero-order valence-electron chi connectivity index (χ0n) is 17.2. The van der Waals surface area contributed by atoms with Crippen molar-refractivity contribution in [2.75, 3.05) is 12.3 Å². The summed E-state index contributed by atoms with van der Waals surface area (Å²) >= 11 is 1.84. The number of hydrogen-bond donors (Lipinski definition) is 0. The van der Waals surface area contributed by atoms with Gasteiger partial charge in [-0.3, -0.25) is 4.79 Å². The van der Waals surface area contributed by atoms with Crippen LogP contribution in [-0.2, 0) is 11.4 Å². The van der Waals surface area contributed by atoms with Gasteiger partial charge in [-0.25, -0.2) is 0 Å². The molecule has 0 radical (unpaired) electrons. The number of benzene rings is 3. The molecule has 3 aromatic rings. The second kappa shape index (κ2) is 9.86. The van der Waals surface area contributed by atoms with Crippen molar-refractivity contribution in [2.24, 2.45) is 0 Å². The van der Waals surface area contributed by atoms with Gasteiger partial charge in [-0.15, -0.1) is 11.8 Å². The predicted octanol–water partition coefficient (Wildman–Crippen LogP) is 6.03. The molecule has 0 unspecified atom stereocenters. The van der Waals surface area contributed by atoms with E-state index in [4.69, 9.17) is 4.74 Å². The number of amides is 1. The van der Waals surface area contributed by atoms with Crippen molar-refractivity contribution in [3.8, 4) is 5.75 Å². The first-order valence-corrected chi connectivity index (χ1v) is 11.5. The first kappa shape index (κ1) is 20.5. The van der Waals surface area contributed by atoms with Gasteiger partial charge in [-0.05, 0) is 35.2 Å². The van der Waals surface area contributed by atoms with Gasteiger partial charge < -0.3 is 9.64 Å². The lowest BCUT2D eigenvalue weighted by Crippen LogP contribution is -2.34. The Kier molecular flexibility index (Phi) is 6.75. The quantitative estimate of drug-likeness (QED) is 0.470. The Bertz CT molecular complexity index is 944. The first-order chi connectivity index (χ1) is 14.8. The summed E-state index contributed by atoms with van der Waals surface area (Å²) < 4.78 is 5.91. The average molecular weight is 418 g/mol. The number of nitrogens with zero attached hydrogens (tertiary/aromatic N) is 1. The third kappa shape index (κ3) is 4.71. The molecule has 1 fully saturated rings. The minimum Gasteiger partial charge on any atom is -0.489 e. The number of ether oxygens (including phenoxy) is 1. The lowest BCUT2D eigenvalue weighted by molar-refractivity contribution is -0.133. The van der Waals surface area contributed by atoms with Crippen molar-refractivity contribution < 1.29 is 9.53 Å². The summed E-state index contributed by atoms with van der Waals surface area (Å²) in [6.45, 7) is 3.44. The Hall–Kier alpha value is -2.72. The summed E-state index contributed by atoms with van der Waals surface area (Å²) in [5.74, 6) is 1.96. The Morgan fingerprint density at radius 3 is 2.33 bits per heavy atom. The van der Waals surface area contributed by atoms with E-state index in [-0.39, 0.29) is 17.2 Å². The van der Waals surface area contributed by atoms with Crippen molar-refractivity contribution in [2.45, 2.75) is 31.2 Å². The monoisotopic (exact) mass is 417 g/mol. The van der Waals surface area contributed by atoms with E-state index in [1.807, 2.05) is 65.2 Å². The van der Waals surface area contributed by atoms with Gasteiger partial charge in [-0.2, -0.15) is 0 Å². The van der Waals surface area contributed by atoms with E-state index in [1.165, 1.54) is 0 Å². The maximum absolute atomic E-state index is 13.4. The Labute approximate surface area is 183 Å². The van der Waals surface area contributed by atoms with Gasteiger partial charge in [0.15, 0.2) is 0 Å². The fourth-order valence-electron chi connectivity index (χ4n) is 3.88. The first-order valence-electron chi connectivity index (χ1n) is 10.5. The largest absolute Gasteiger partial charge is 0.489 e. The number of hydrogen-bond acceptors (Lipinski definition) is 3. The Balaban J connectivity index is 1.44. The number of carbonyl (C=O) groups excluding carboxylic acids is 1. The maximum atomic E-state index is 13.4. The molecule has 1 aliphatic heterocycles. The molecule has 1 amide bonds. The van der Waals surface area contributed by atoms with Crippen LogP contribution in [0.3, 0.4) is 0 Å². The van der Waals surface area contributed by atoms with Gasteiger partial charge in [0.2, 0.25) is 5.91 Å². The van der Waals surface area contributed by atoms with E-state index in [0.717, 1.165) is 41.2 Å². The lowest BCUT2D eigenvalue weighted by Gasteiger charge is -2.28. The van der Waals surface area contributed by atoms with Gasteiger partial charge >= 0.3 is 0 Å². The highest BCUT2D eigenvalue weighted by Crippen LogP contribution is 2.40. The molecular weight excluding hydrogens is 390 g/mol. The lowest BCUT2D eigenvalue weighted by atomic mass is 9.95. The molecule has 0 saturated carbocycles. The second-order valence-electron chi connectivity index (χ2n) is 7.47. The molecule has 0 aliphatic carbocycles. The molecule has 2 atom stereocenters. The van der Waals surface area contributed by atoms with Gasteiger partial charge in [0.25, 0.3) is 0 Å². The molecule has 0 spiro atoms. The van der Waals surface area contributed by atoms with Crippen LogP contribution in [-0.4, -0.2) is 23.1 Å². The summed E-state index contributed by atoms with van der Waals surface area (Å²) in [6.07, 6.45) is 0.809. The van der Waals surface area contributed by atoms with Crippen molar-refractivity contribution >= 4 is 17.7 Å². The molecule has 154 valence electrons. The molecule has 1 heterocycles.